The third-order valence-corrected chi connectivity index (χ3v) is 4.71. The number of ether oxygens (including phenoxy) is 2. The molecule has 1 aliphatic heterocycles. The Kier molecular flexibility index (Phi) is 4.07. The van der Waals surface area contributed by atoms with Crippen LogP contribution in [0.3, 0.4) is 0 Å². The van der Waals surface area contributed by atoms with Crippen molar-refractivity contribution < 1.29 is 24.2 Å². The number of methoxy groups -OCH3 is 2. The Labute approximate surface area is 119 Å². The minimum atomic E-state index is -0.890. The second kappa shape index (κ2) is 5.33. The van der Waals surface area contributed by atoms with Gasteiger partial charge in [0.05, 0.1) is 30.6 Å². The molecule has 0 bridgehead atoms. The summed E-state index contributed by atoms with van der Waals surface area (Å²) in [6.45, 7) is 4.64. The molecule has 1 aliphatic carbocycles. The van der Waals surface area contributed by atoms with Crippen molar-refractivity contribution in [2.45, 2.75) is 32.4 Å². The highest BCUT2D eigenvalue weighted by atomic mass is 16.5. The first-order valence-corrected chi connectivity index (χ1v) is 6.89. The largest absolute Gasteiger partial charge is 0.481 e. The molecule has 4 atom stereocenters. The average molecular weight is 285 g/mol. The molecule has 114 valence electrons. The van der Waals surface area contributed by atoms with Crippen molar-refractivity contribution in [2.24, 2.45) is 17.3 Å². The Balaban J connectivity index is 2.10. The van der Waals surface area contributed by atoms with Crippen LogP contribution in [0.1, 0.15) is 20.3 Å². The molecule has 1 heterocycles. The lowest BCUT2D eigenvalue weighted by Crippen LogP contribution is -2.40. The predicted octanol–water partition coefficient (Wildman–Crippen LogP) is 0.606. The van der Waals surface area contributed by atoms with Gasteiger partial charge in [-0.15, -0.1) is 0 Å². The van der Waals surface area contributed by atoms with Gasteiger partial charge in [0.2, 0.25) is 5.91 Å². The first-order chi connectivity index (χ1) is 9.34. The Morgan fingerprint density at radius 2 is 1.95 bits per heavy atom. The van der Waals surface area contributed by atoms with Gasteiger partial charge >= 0.3 is 5.97 Å². The number of rotatable bonds is 5. The van der Waals surface area contributed by atoms with Crippen molar-refractivity contribution in [1.29, 1.82) is 0 Å². The van der Waals surface area contributed by atoms with Gasteiger partial charge in [0.1, 0.15) is 0 Å². The molecular formula is C14H23NO5. The highest BCUT2D eigenvalue weighted by Gasteiger charge is 2.67. The molecule has 0 aromatic carbocycles. The molecule has 6 nitrogen and oxygen atoms in total. The van der Waals surface area contributed by atoms with E-state index in [0.29, 0.717) is 13.2 Å². The first-order valence-electron chi connectivity index (χ1n) is 6.89. The molecule has 20 heavy (non-hydrogen) atoms. The second-order valence-electron chi connectivity index (χ2n) is 6.31. The van der Waals surface area contributed by atoms with Gasteiger partial charge in [0, 0.05) is 20.8 Å². The van der Waals surface area contributed by atoms with Crippen LogP contribution in [0.25, 0.3) is 0 Å². The van der Waals surface area contributed by atoms with Gasteiger partial charge in [-0.05, 0) is 11.8 Å². The summed E-state index contributed by atoms with van der Waals surface area (Å²) in [5, 5.41) is 9.20. The summed E-state index contributed by atoms with van der Waals surface area (Å²) < 4.78 is 10.5. The molecule has 0 radical (unpaired) electrons. The summed E-state index contributed by atoms with van der Waals surface area (Å²) in [7, 11) is 3.23. The number of likely N-dealkylation sites (tertiary alicyclic amines) is 1. The van der Waals surface area contributed by atoms with Crippen molar-refractivity contribution in [3.8, 4) is 0 Å². The smallest absolute Gasteiger partial charge is 0.307 e. The summed E-state index contributed by atoms with van der Waals surface area (Å²) in [5.41, 5.74) is -0.467. The Bertz CT molecular complexity index is 408. The molecular weight excluding hydrogens is 262 g/mol. The van der Waals surface area contributed by atoms with E-state index >= 15 is 0 Å². The molecule has 1 amide bonds. The normalized spacial score (nSPS) is 35.1. The second-order valence-corrected chi connectivity index (χ2v) is 6.31. The van der Waals surface area contributed by atoms with Crippen LogP contribution in [-0.2, 0) is 19.1 Å². The van der Waals surface area contributed by atoms with E-state index in [0.717, 1.165) is 6.42 Å². The molecule has 1 saturated heterocycles. The number of carbonyl (C=O) groups is 2. The van der Waals surface area contributed by atoms with E-state index in [2.05, 4.69) is 0 Å². The number of hydrogen-bond donors (Lipinski definition) is 1. The van der Waals surface area contributed by atoms with Gasteiger partial charge in [0.25, 0.3) is 0 Å². The standard InChI is InChI=1S/C14H23NO5/c1-14(2)10(11(14)13(17)18)12(16)15-6-9(20-4)5-8(15)7-19-3/h8-11H,5-7H2,1-4H3,(H,17,18)/t8-,9-,10-,11+/m0/s1. The highest BCUT2D eigenvalue weighted by molar-refractivity contribution is 5.92. The number of aliphatic carboxylic acids is 1. The lowest BCUT2D eigenvalue weighted by Gasteiger charge is -2.24. The monoisotopic (exact) mass is 285 g/mol. The van der Waals surface area contributed by atoms with Gasteiger partial charge in [-0.3, -0.25) is 9.59 Å². The van der Waals surface area contributed by atoms with E-state index in [9.17, 15) is 14.7 Å². The fraction of sp³-hybridized carbons (Fsp3) is 0.857. The highest BCUT2D eigenvalue weighted by Crippen LogP contribution is 2.59. The van der Waals surface area contributed by atoms with Crippen LogP contribution in [-0.4, -0.2) is 61.4 Å². The van der Waals surface area contributed by atoms with Gasteiger partial charge in [0.15, 0.2) is 0 Å². The first kappa shape index (κ1) is 15.3. The molecule has 1 saturated carbocycles. The summed E-state index contributed by atoms with van der Waals surface area (Å²) in [6.07, 6.45) is 0.741. The number of carboxylic acid groups (broad SMARTS) is 1. The Morgan fingerprint density at radius 3 is 2.40 bits per heavy atom. The zero-order valence-electron chi connectivity index (χ0n) is 12.5. The van der Waals surface area contributed by atoms with Crippen molar-refractivity contribution in [2.75, 3.05) is 27.4 Å². The zero-order valence-corrected chi connectivity index (χ0v) is 12.5. The Morgan fingerprint density at radius 1 is 1.30 bits per heavy atom. The molecule has 2 rings (SSSR count). The molecule has 1 N–H and O–H groups in total. The molecule has 2 fully saturated rings. The van der Waals surface area contributed by atoms with Crippen molar-refractivity contribution >= 4 is 11.9 Å². The number of carbonyl (C=O) groups excluding carboxylic acids is 1. The molecule has 2 aliphatic rings. The zero-order chi connectivity index (χ0) is 15.1. The summed E-state index contributed by atoms with van der Waals surface area (Å²) >= 11 is 0. The van der Waals surface area contributed by atoms with Gasteiger partial charge in [-0.2, -0.15) is 0 Å². The molecule has 0 aromatic heterocycles. The quantitative estimate of drug-likeness (QED) is 0.800. The summed E-state index contributed by atoms with van der Waals surface area (Å²) in [6, 6.07) is -0.0247. The number of carboxylic acids is 1. The van der Waals surface area contributed by atoms with Crippen molar-refractivity contribution in [1.82, 2.24) is 4.90 Å². The maximum atomic E-state index is 12.6. The SMILES string of the molecule is COC[C@@H]1C[C@H](OC)CN1C(=O)[C@@H]1[C@H](C(=O)O)C1(C)C. The van der Waals surface area contributed by atoms with E-state index < -0.39 is 23.2 Å². The van der Waals surface area contributed by atoms with E-state index in [-0.39, 0.29) is 18.1 Å². The van der Waals surface area contributed by atoms with Gasteiger partial charge in [-0.25, -0.2) is 0 Å². The number of amides is 1. The van der Waals surface area contributed by atoms with E-state index in [1.807, 2.05) is 13.8 Å². The third-order valence-electron chi connectivity index (χ3n) is 4.71. The van der Waals surface area contributed by atoms with Gasteiger partial charge < -0.3 is 19.5 Å². The summed E-state index contributed by atoms with van der Waals surface area (Å²) in [4.78, 5) is 25.6. The van der Waals surface area contributed by atoms with E-state index in [1.54, 1.807) is 19.1 Å². The van der Waals surface area contributed by atoms with E-state index in [1.165, 1.54) is 0 Å². The summed E-state index contributed by atoms with van der Waals surface area (Å²) in [5.74, 6) is -1.99. The predicted molar refractivity (Wildman–Crippen MR) is 71.2 cm³/mol. The maximum Gasteiger partial charge on any atom is 0.307 e. The lowest BCUT2D eigenvalue weighted by atomic mass is 10.1. The lowest BCUT2D eigenvalue weighted by molar-refractivity contribution is -0.142. The van der Waals surface area contributed by atoms with Crippen molar-refractivity contribution in [3.63, 3.8) is 0 Å². The van der Waals surface area contributed by atoms with Crippen LogP contribution >= 0.6 is 0 Å². The topological polar surface area (TPSA) is 76.1 Å². The molecule has 0 unspecified atom stereocenters. The Hall–Kier alpha value is -1.14. The number of nitrogens with zero attached hydrogens (tertiary/aromatic N) is 1. The van der Waals surface area contributed by atoms with Crippen LogP contribution in [0.4, 0.5) is 0 Å². The third kappa shape index (κ3) is 2.42. The maximum absolute atomic E-state index is 12.6. The minimum Gasteiger partial charge on any atom is -0.481 e. The van der Waals surface area contributed by atoms with Crippen LogP contribution < -0.4 is 0 Å². The van der Waals surface area contributed by atoms with Crippen LogP contribution in [0.5, 0.6) is 0 Å². The van der Waals surface area contributed by atoms with Crippen molar-refractivity contribution in [3.05, 3.63) is 0 Å². The van der Waals surface area contributed by atoms with E-state index in [4.69, 9.17) is 9.47 Å². The molecule has 6 heteroatoms. The van der Waals surface area contributed by atoms with Crippen LogP contribution in [0.2, 0.25) is 0 Å². The minimum absolute atomic E-state index is 0.00393. The fourth-order valence-electron chi connectivity index (χ4n) is 3.40. The van der Waals surface area contributed by atoms with Gasteiger partial charge in [-0.1, -0.05) is 13.8 Å². The molecule has 0 spiro atoms. The average Bonchev–Trinajstić information content (AvgIpc) is 2.76. The van der Waals surface area contributed by atoms with Crippen LogP contribution in [0.15, 0.2) is 0 Å². The number of hydrogen-bond acceptors (Lipinski definition) is 4. The fourth-order valence-corrected chi connectivity index (χ4v) is 3.40. The molecule has 0 aromatic rings. The van der Waals surface area contributed by atoms with Crippen LogP contribution in [0, 0.1) is 17.3 Å².